The van der Waals surface area contributed by atoms with Gasteiger partial charge in [-0.3, -0.25) is 9.36 Å². The Morgan fingerprint density at radius 3 is 3.00 bits per heavy atom. The first-order valence-corrected chi connectivity index (χ1v) is 5.61. The minimum absolute atomic E-state index is 0.0553. The summed E-state index contributed by atoms with van der Waals surface area (Å²) in [6.07, 6.45) is 6.74. The van der Waals surface area contributed by atoms with Crippen molar-refractivity contribution in [3.8, 4) is 5.82 Å². The normalized spacial score (nSPS) is 10.3. The second kappa shape index (κ2) is 5.92. The van der Waals surface area contributed by atoms with Crippen LogP contribution in [0.1, 0.15) is 6.92 Å². The summed E-state index contributed by atoms with van der Waals surface area (Å²) in [6, 6.07) is 3.59. The summed E-state index contributed by atoms with van der Waals surface area (Å²) < 4.78 is 6.79. The van der Waals surface area contributed by atoms with Crippen LogP contribution in [0, 0.1) is 0 Å². The molecule has 94 valence electrons. The molecule has 0 aromatic carbocycles. The van der Waals surface area contributed by atoms with Crippen LogP contribution in [-0.4, -0.2) is 33.7 Å². The Bertz CT molecular complexity index is 493. The molecule has 0 spiro atoms. The highest BCUT2D eigenvalue weighted by atomic mass is 16.5. The fourth-order valence-electron chi connectivity index (χ4n) is 1.40. The predicted molar refractivity (Wildman–Crippen MR) is 66.5 cm³/mol. The van der Waals surface area contributed by atoms with Crippen LogP contribution < -0.4 is 5.32 Å². The monoisotopic (exact) mass is 246 g/mol. The highest BCUT2D eigenvalue weighted by Gasteiger charge is 2.03. The third-order valence-corrected chi connectivity index (χ3v) is 2.24. The van der Waals surface area contributed by atoms with E-state index in [0.717, 1.165) is 5.82 Å². The van der Waals surface area contributed by atoms with E-state index in [1.54, 1.807) is 41.6 Å². The molecular weight excluding hydrogens is 232 g/mol. The van der Waals surface area contributed by atoms with Gasteiger partial charge in [0.1, 0.15) is 18.8 Å². The van der Waals surface area contributed by atoms with Crippen LogP contribution in [0.2, 0.25) is 0 Å². The molecule has 0 saturated heterocycles. The van der Waals surface area contributed by atoms with Gasteiger partial charge in [-0.1, -0.05) is 0 Å². The van der Waals surface area contributed by atoms with Gasteiger partial charge < -0.3 is 10.1 Å². The van der Waals surface area contributed by atoms with Crippen molar-refractivity contribution in [1.82, 2.24) is 14.5 Å². The van der Waals surface area contributed by atoms with Gasteiger partial charge in [0.2, 0.25) is 5.91 Å². The Labute approximate surface area is 105 Å². The fraction of sp³-hybridized carbons (Fsp3) is 0.250. The molecule has 2 heterocycles. The van der Waals surface area contributed by atoms with Crippen LogP contribution >= 0.6 is 0 Å². The Kier molecular flexibility index (Phi) is 4.03. The number of nitrogens with one attached hydrogen (secondary N) is 1. The molecule has 0 bridgehead atoms. The Morgan fingerprint density at radius 1 is 1.50 bits per heavy atom. The largest absolute Gasteiger partial charge is 0.372 e. The van der Waals surface area contributed by atoms with E-state index in [2.05, 4.69) is 15.3 Å². The molecule has 0 unspecified atom stereocenters. The second-order valence-electron chi connectivity index (χ2n) is 3.56. The van der Waals surface area contributed by atoms with E-state index >= 15 is 0 Å². The number of amides is 1. The molecule has 6 heteroatoms. The van der Waals surface area contributed by atoms with Gasteiger partial charge in [0.25, 0.3) is 0 Å². The fourth-order valence-corrected chi connectivity index (χ4v) is 1.40. The van der Waals surface area contributed by atoms with Gasteiger partial charge in [-0.2, -0.15) is 0 Å². The smallest absolute Gasteiger partial charge is 0.250 e. The minimum Gasteiger partial charge on any atom is -0.372 e. The molecule has 0 atom stereocenters. The van der Waals surface area contributed by atoms with Crippen molar-refractivity contribution in [3.63, 3.8) is 0 Å². The van der Waals surface area contributed by atoms with Gasteiger partial charge in [-0.05, 0) is 19.1 Å². The third-order valence-electron chi connectivity index (χ3n) is 2.24. The quantitative estimate of drug-likeness (QED) is 0.861. The summed E-state index contributed by atoms with van der Waals surface area (Å²) in [5.74, 6) is 0.560. The summed E-state index contributed by atoms with van der Waals surface area (Å²) in [5, 5.41) is 2.70. The summed E-state index contributed by atoms with van der Waals surface area (Å²) in [4.78, 5) is 19.6. The number of hydrogen-bond donors (Lipinski definition) is 1. The minimum atomic E-state index is -0.186. The van der Waals surface area contributed by atoms with Crippen molar-refractivity contribution in [2.45, 2.75) is 6.92 Å². The molecule has 0 radical (unpaired) electrons. The maximum atomic E-state index is 11.4. The van der Waals surface area contributed by atoms with Crippen LogP contribution in [0.5, 0.6) is 0 Å². The van der Waals surface area contributed by atoms with Crippen molar-refractivity contribution in [1.29, 1.82) is 0 Å². The molecule has 0 aliphatic heterocycles. The molecule has 18 heavy (non-hydrogen) atoms. The summed E-state index contributed by atoms with van der Waals surface area (Å²) >= 11 is 0. The lowest BCUT2D eigenvalue weighted by molar-refractivity contribution is -0.120. The Balaban J connectivity index is 1.98. The van der Waals surface area contributed by atoms with Gasteiger partial charge in [0, 0.05) is 19.0 Å². The number of carbonyl (C=O) groups is 1. The average molecular weight is 246 g/mol. The van der Waals surface area contributed by atoms with E-state index in [1.807, 2.05) is 6.92 Å². The molecule has 1 N–H and O–H groups in total. The zero-order valence-electron chi connectivity index (χ0n) is 10.0. The lowest BCUT2D eigenvalue weighted by atomic mass is 10.4. The number of aromatic nitrogens is 3. The van der Waals surface area contributed by atoms with Crippen molar-refractivity contribution in [2.24, 2.45) is 0 Å². The van der Waals surface area contributed by atoms with Gasteiger partial charge >= 0.3 is 0 Å². The molecule has 0 aliphatic rings. The number of carbonyl (C=O) groups excluding carboxylic acids is 1. The van der Waals surface area contributed by atoms with Gasteiger partial charge in [-0.15, -0.1) is 0 Å². The highest BCUT2D eigenvalue weighted by molar-refractivity contribution is 5.91. The lowest BCUT2D eigenvalue weighted by Gasteiger charge is -2.06. The van der Waals surface area contributed by atoms with E-state index in [4.69, 9.17) is 4.74 Å². The van der Waals surface area contributed by atoms with Gasteiger partial charge in [0.15, 0.2) is 0 Å². The van der Waals surface area contributed by atoms with Crippen molar-refractivity contribution in [2.75, 3.05) is 18.5 Å². The summed E-state index contributed by atoms with van der Waals surface area (Å²) in [6.45, 7) is 2.42. The van der Waals surface area contributed by atoms with Crippen molar-refractivity contribution >= 4 is 11.6 Å². The molecule has 2 aromatic heterocycles. The number of ether oxygens (including phenoxy) is 1. The van der Waals surface area contributed by atoms with Gasteiger partial charge in [0.05, 0.1) is 11.9 Å². The maximum Gasteiger partial charge on any atom is 0.250 e. The SMILES string of the molecule is CCOCC(=O)Nc1ccc(-n2ccnc2)nc1. The van der Waals surface area contributed by atoms with Crippen molar-refractivity contribution in [3.05, 3.63) is 37.1 Å². The molecule has 0 fully saturated rings. The molecule has 2 aromatic rings. The number of anilines is 1. The van der Waals surface area contributed by atoms with Crippen LogP contribution in [-0.2, 0) is 9.53 Å². The lowest BCUT2D eigenvalue weighted by Crippen LogP contribution is -2.18. The average Bonchev–Trinajstić information content (AvgIpc) is 2.91. The molecule has 6 nitrogen and oxygen atoms in total. The zero-order chi connectivity index (χ0) is 12.8. The first-order valence-electron chi connectivity index (χ1n) is 5.61. The highest BCUT2D eigenvalue weighted by Crippen LogP contribution is 2.09. The standard InChI is InChI=1S/C12H14N4O2/c1-2-18-8-12(17)15-10-3-4-11(14-7-10)16-6-5-13-9-16/h3-7,9H,2,8H2,1H3,(H,15,17). The summed E-state index contributed by atoms with van der Waals surface area (Å²) in [5.41, 5.74) is 0.642. The van der Waals surface area contributed by atoms with E-state index in [0.29, 0.717) is 12.3 Å². The predicted octanol–water partition coefficient (Wildman–Crippen LogP) is 1.24. The number of hydrogen-bond acceptors (Lipinski definition) is 4. The number of pyridine rings is 1. The Hall–Kier alpha value is -2.21. The van der Waals surface area contributed by atoms with E-state index in [1.165, 1.54) is 0 Å². The number of rotatable bonds is 5. The molecule has 0 aliphatic carbocycles. The van der Waals surface area contributed by atoms with E-state index < -0.39 is 0 Å². The van der Waals surface area contributed by atoms with Crippen LogP contribution in [0.25, 0.3) is 5.82 Å². The van der Waals surface area contributed by atoms with Crippen LogP contribution in [0.15, 0.2) is 37.1 Å². The first-order chi connectivity index (χ1) is 8.79. The maximum absolute atomic E-state index is 11.4. The first kappa shape index (κ1) is 12.3. The molecule has 0 saturated carbocycles. The Morgan fingerprint density at radius 2 is 2.39 bits per heavy atom. The number of nitrogens with zero attached hydrogens (tertiary/aromatic N) is 3. The van der Waals surface area contributed by atoms with Crippen LogP contribution in [0.4, 0.5) is 5.69 Å². The van der Waals surface area contributed by atoms with Crippen molar-refractivity contribution < 1.29 is 9.53 Å². The second-order valence-corrected chi connectivity index (χ2v) is 3.56. The van der Waals surface area contributed by atoms with Gasteiger partial charge in [-0.25, -0.2) is 9.97 Å². The summed E-state index contributed by atoms with van der Waals surface area (Å²) in [7, 11) is 0. The topological polar surface area (TPSA) is 69.0 Å². The zero-order valence-corrected chi connectivity index (χ0v) is 10.0. The van der Waals surface area contributed by atoms with Crippen LogP contribution in [0.3, 0.4) is 0 Å². The van der Waals surface area contributed by atoms with E-state index in [-0.39, 0.29) is 12.5 Å². The third kappa shape index (κ3) is 3.14. The molecule has 1 amide bonds. The molecule has 2 rings (SSSR count). The molecular formula is C12H14N4O2. The van der Waals surface area contributed by atoms with E-state index in [9.17, 15) is 4.79 Å². The number of imidazole rings is 1.